The highest BCUT2D eigenvalue weighted by Crippen LogP contribution is 2.35. The van der Waals surface area contributed by atoms with E-state index in [0.29, 0.717) is 28.8 Å². The van der Waals surface area contributed by atoms with Gasteiger partial charge >= 0.3 is 5.97 Å². The maximum atomic E-state index is 11.9. The highest BCUT2D eigenvalue weighted by Gasteiger charge is 2.22. The normalized spacial score (nSPS) is 11.3. The fourth-order valence-electron chi connectivity index (χ4n) is 3.26. The second-order valence-corrected chi connectivity index (χ2v) is 8.90. The first kappa shape index (κ1) is 24.1. The van der Waals surface area contributed by atoms with E-state index in [4.69, 9.17) is 19.2 Å². The molecule has 0 N–H and O–H groups in total. The molecule has 8 heteroatoms. The predicted octanol–water partition coefficient (Wildman–Crippen LogP) is 5.41. The SMILES string of the molecule is CCc1ccc(Oc2ccnc3ccc(OCCOC(=O)C(C)(C)C)cc23)c(-c2ncccn2)n1. The molecule has 3 heterocycles. The Labute approximate surface area is 204 Å². The third-order valence-corrected chi connectivity index (χ3v) is 5.15. The van der Waals surface area contributed by atoms with Gasteiger partial charge in [0, 0.05) is 29.7 Å². The van der Waals surface area contributed by atoms with Crippen molar-refractivity contribution in [3.05, 3.63) is 66.7 Å². The first-order valence-corrected chi connectivity index (χ1v) is 11.5. The average molecular weight is 473 g/mol. The zero-order valence-corrected chi connectivity index (χ0v) is 20.3. The lowest BCUT2D eigenvalue weighted by molar-refractivity contribution is -0.153. The molecule has 4 aromatic rings. The fraction of sp³-hybridized carbons (Fsp3) is 0.296. The topological polar surface area (TPSA) is 96.3 Å². The number of benzene rings is 1. The molecule has 8 nitrogen and oxygen atoms in total. The number of aryl methyl sites for hydroxylation is 1. The van der Waals surface area contributed by atoms with Gasteiger partial charge in [0.15, 0.2) is 17.3 Å². The minimum atomic E-state index is -0.547. The largest absolute Gasteiger partial charge is 0.490 e. The second-order valence-electron chi connectivity index (χ2n) is 8.90. The summed E-state index contributed by atoms with van der Waals surface area (Å²) < 4.78 is 17.4. The van der Waals surface area contributed by atoms with Crippen LogP contribution in [-0.4, -0.2) is 39.1 Å². The number of hydrogen-bond acceptors (Lipinski definition) is 8. The quantitative estimate of drug-likeness (QED) is 0.248. The maximum absolute atomic E-state index is 11.9. The molecule has 3 aromatic heterocycles. The Hall–Kier alpha value is -4.07. The highest BCUT2D eigenvalue weighted by atomic mass is 16.6. The van der Waals surface area contributed by atoms with Crippen LogP contribution < -0.4 is 9.47 Å². The van der Waals surface area contributed by atoms with Crippen molar-refractivity contribution in [1.82, 2.24) is 19.9 Å². The summed E-state index contributed by atoms with van der Waals surface area (Å²) in [4.78, 5) is 29.8. The molecule has 35 heavy (non-hydrogen) atoms. The van der Waals surface area contributed by atoms with Crippen molar-refractivity contribution in [3.8, 4) is 28.8 Å². The van der Waals surface area contributed by atoms with Crippen molar-refractivity contribution in [3.63, 3.8) is 0 Å². The molecular formula is C27H28N4O4. The van der Waals surface area contributed by atoms with E-state index in [0.717, 1.165) is 23.0 Å². The standard InChI is InChI=1S/C27H28N4O4/c1-5-18-7-10-23(24(31-18)25-29-12-6-13-30-25)35-22-11-14-28-21-9-8-19(17-20(21)22)33-15-16-34-26(32)27(2,3)4/h6-14,17H,5,15-16H2,1-4H3. The van der Waals surface area contributed by atoms with E-state index < -0.39 is 5.41 Å². The Kier molecular flexibility index (Phi) is 7.19. The van der Waals surface area contributed by atoms with E-state index in [1.807, 2.05) is 58.0 Å². The van der Waals surface area contributed by atoms with E-state index in [1.54, 1.807) is 30.7 Å². The molecule has 0 spiro atoms. The van der Waals surface area contributed by atoms with Gasteiger partial charge in [0.05, 0.1) is 10.9 Å². The lowest BCUT2D eigenvalue weighted by Gasteiger charge is -2.16. The predicted molar refractivity (Wildman–Crippen MR) is 132 cm³/mol. The molecular weight excluding hydrogens is 444 g/mol. The van der Waals surface area contributed by atoms with Crippen LogP contribution in [-0.2, 0) is 16.0 Å². The first-order chi connectivity index (χ1) is 16.8. The number of aromatic nitrogens is 4. The van der Waals surface area contributed by atoms with E-state index in [-0.39, 0.29) is 19.2 Å². The molecule has 0 radical (unpaired) electrons. The van der Waals surface area contributed by atoms with E-state index in [2.05, 4.69) is 15.0 Å². The van der Waals surface area contributed by atoms with Gasteiger partial charge in [-0.3, -0.25) is 9.78 Å². The fourth-order valence-corrected chi connectivity index (χ4v) is 3.26. The van der Waals surface area contributed by atoms with Crippen molar-refractivity contribution in [2.75, 3.05) is 13.2 Å². The smallest absolute Gasteiger partial charge is 0.311 e. The monoisotopic (exact) mass is 472 g/mol. The second kappa shape index (κ2) is 10.5. The zero-order chi connectivity index (χ0) is 24.8. The minimum Gasteiger partial charge on any atom is -0.490 e. The molecule has 0 aliphatic carbocycles. The van der Waals surface area contributed by atoms with Crippen LogP contribution in [0.5, 0.6) is 17.2 Å². The minimum absolute atomic E-state index is 0.167. The van der Waals surface area contributed by atoms with Gasteiger partial charge in [-0.05, 0) is 69.7 Å². The molecule has 0 saturated carbocycles. The van der Waals surface area contributed by atoms with Crippen LogP contribution in [0.3, 0.4) is 0 Å². The van der Waals surface area contributed by atoms with E-state index >= 15 is 0 Å². The van der Waals surface area contributed by atoms with Crippen LogP contribution in [0.2, 0.25) is 0 Å². The number of carbonyl (C=O) groups is 1. The van der Waals surface area contributed by atoms with Crippen molar-refractivity contribution in [2.24, 2.45) is 5.41 Å². The van der Waals surface area contributed by atoms with E-state index in [9.17, 15) is 4.79 Å². The molecule has 0 aliphatic rings. The van der Waals surface area contributed by atoms with Gasteiger partial charge in [-0.25, -0.2) is 15.0 Å². The number of carbonyl (C=O) groups excluding carboxylic acids is 1. The Morgan fingerprint density at radius 1 is 0.914 bits per heavy atom. The third kappa shape index (κ3) is 5.90. The summed E-state index contributed by atoms with van der Waals surface area (Å²) >= 11 is 0. The molecule has 0 bridgehead atoms. The highest BCUT2D eigenvalue weighted by molar-refractivity contribution is 5.86. The van der Waals surface area contributed by atoms with Crippen LogP contribution >= 0.6 is 0 Å². The Morgan fingerprint density at radius 3 is 2.46 bits per heavy atom. The maximum Gasteiger partial charge on any atom is 0.311 e. The van der Waals surface area contributed by atoms with Gasteiger partial charge < -0.3 is 14.2 Å². The summed E-state index contributed by atoms with van der Waals surface area (Å²) in [6.07, 6.45) is 5.83. The van der Waals surface area contributed by atoms with Gasteiger partial charge in [0.25, 0.3) is 0 Å². The zero-order valence-electron chi connectivity index (χ0n) is 20.3. The van der Waals surface area contributed by atoms with Crippen LogP contribution in [0.4, 0.5) is 0 Å². The number of nitrogens with zero attached hydrogens (tertiary/aromatic N) is 4. The van der Waals surface area contributed by atoms with Gasteiger partial charge in [-0.2, -0.15) is 0 Å². The number of pyridine rings is 2. The van der Waals surface area contributed by atoms with Crippen molar-refractivity contribution in [1.29, 1.82) is 0 Å². The van der Waals surface area contributed by atoms with Crippen LogP contribution in [0.1, 0.15) is 33.4 Å². The molecule has 0 fully saturated rings. The van der Waals surface area contributed by atoms with Gasteiger partial charge in [-0.15, -0.1) is 0 Å². The molecule has 0 aliphatic heterocycles. The summed E-state index contributed by atoms with van der Waals surface area (Å²) in [6.45, 7) is 7.89. The summed E-state index contributed by atoms with van der Waals surface area (Å²) in [7, 11) is 0. The summed E-state index contributed by atoms with van der Waals surface area (Å²) in [5.41, 5.74) is 1.70. The number of hydrogen-bond donors (Lipinski definition) is 0. The van der Waals surface area contributed by atoms with Crippen molar-refractivity contribution in [2.45, 2.75) is 34.1 Å². The Balaban J connectivity index is 1.57. The number of fused-ring (bicyclic) bond motifs is 1. The average Bonchev–Trinajstić information content (AvgIpc) is 2.87. The lowest BCUT2D eigenvalue weighted by Crippen LogP contribution is -2.24. The number of ether oxygens (including phenoxy) is 3. The van der Waals surface area contributed by atoms with Gasteiger partial charge in [0.1, 0.15) is 24.7 Å². The van der Waals surface area contributed by atoms with Crippen LogP contribution in [0, 0.1) is 5.41 Å². The third-order valence-electron chi connectivity index (χ3n) is 5.15. The Bertz CT molecular complexity index is 1320. The van der Waals surface area contributed by atoms with Crippen LogP contribution in [0.15, 0.2) is 61.1 Å². The molecule has 0 unspecified atom stereocenters. The number of esters is 1. The van der Waals surface area contributed by atoms with Crippen LogP contribution in [0.25, 0.3) is 22.4 Å². The van der Waals surface area contributed by atoms with Gasteiger partial charge in [0.2, 0.25) is 0 Å². The molecule has 0 saturated heterocycles. The lowest BCUT2D eigenvalue weighted by atomic mass is 9.97. The van der Waals surface area contributed by atoms with E-state index in [1.165, 1.54) is 0 Å². The first-order valence-electron chi connectivity index (χ1n) is 11.5. The molecule has 0 amide bonds. The van der Waals surface area contributed by atoms with Crippen molar-refractivity contribution < 1.29 is 19.0 Å². The molecule has 1 aromatic carbocycles. The molecule has 180 valence electrons. The number of rotatable bonds is 8. The molecule has 0 atom stereocenters. The molecule has 4 rings (SSSR count). The van der Waals surface area contributed by atoms with Gasteiger partial charge in [-0.1, -0.05) is 6.92 Å². The summed E-state index contributed by atoms with van der Waals surface area (Å²) in [5, 5.41) is 0.774. The summed E-state index contributed by atoms with van der Waals surface area (Å²) in [5.74, 6) is 1.99. The van der Waals surface area contributed by atoms with Crippen molar-refractivity contribution >= 4 is 16.9 Å². The summed E-state index contributed by atoms with van der Waals surface area (Å²) in [6, 6.07) is 12.9. The Morgan fingerprint density at radius 2 is 1.71 bits per heavy atom.